The van der Waals surface area contributed by atoms with E-state index in [2.05, 4.69) is 15.5 Å². The Morgan fingerprint density at radius 1 is 1.29 bits per heavy atom. The van der Waals surface area contributed by atoms with E-state index in [0.29, 0.717) is 6.54 Å². The number of carbonyl (C=O) groups is 1. The summed E-state index contributed by atoms with van der Waals surface area (Å²) in [5.41, 5.74) is 4.54. The molecular weight excluding hydrogens is 302 g/mol. The molecule has 3 rings (SSSR count). The van der Waals surface area contributed by atoms with E-state index < -0.39 is 0 Å². The quantitative estimate of drug-likeness (QED) is 0.656. The third-order valence-electron chi connectivity index (χ3n) is 4.00. The summed E-state index contributed by atoms with van der Waals surface area (Å²) in [6.45, 7) is 2.37. The predicted octanol–water partition coefficient (Wildman–Crippen LogP) is 3.15. The van der Waals surface area contributed by atoms with E-state index in [1.165, 1.54) is 7.11 Å². The normalized spacial score (nSPS) is 14.3. The SMILES string of the molecule is CON=C(C)c1cccc(-c2cccc(CNC(=O)C3CC3)n2)c1. The lowest BCUT2D eigenvalue weighted by atomic mass is 10.0. The van der Waals surface area contributed by atoms with Gasteiger partial charge in [-0.1, -0.05) is 29.4 Å². The van der Waals surface area contributed by atoms with E-state index in [1.54, 1.807) is 0 Å². The van der Waals surface area contributed by atoms with Crippen molar-refractivity contribution in [2.45, 2.75) is 26.3 Å². The number of pyridine rings is 1. The van der Waals surface area contributed by atoms with Crippen LogP contribution < -0.4 is 5.32 Å². The minimum atomic E-state index is 0.135. The summed E-state index contributed by atoms with van der Waals surface area (Å²) in [5.74, 6) is 0.350. The summed E-state index contributed by atoms with van der Waals surface area (Å²) < 4.78 is 0. The first-order valence-electron chi connectivity index (χ1n) is 8.09. The lowest BCUT2D eigenvalue weighted by Gasteiger charge is -2.08. The van der Waals surface area contributed by atoms with E-state index in [0.717, 1.165) is 41.1 Å². The van der Waals surface area contributed by atoms with Gasteiger partial charge in [-0.15, -0.1) is 0 Å². The number of benzene rings is 1. The highest BCUT2D eigenvalue weighted by molar-refractivity contribution is 5.99. The van der Waals surface area contributed by atoms with Gasteiger partial charge in [0.15, 0.2) is 0 Å². The Kier molecular flexibility index (Phi) is 4.89. The third kappa shape index (κ3) is 3.98. The van der Waals surface area contributed by atoms with Crippen LogP contribution in [0.25, 0.3) is 11.3 Å². The van der Waals surface area contributed by atoms with Gasteiger partial charge in [0, 0.05) is 11.5 Å². The molecule has 1 aliphatic carbocycles. The topological polar surface area (TPSA) is 63.6 Å². The molecule has 1 aromatic carbocycles. The molecule has 0 saturated heterocycles. The molecule has 1 N–H and O–H groups in total. The molecule has 24 heavy (non-hydrogen) atoms. The molecular formula is C19H21N3O2. The maximum Gasteiger partial charge on any atom is 0.223 e. The zero-order chi connectivity index (χ0) is 16.9. The van der Waals surface area contributed by atoms with E-state index in [1.807, 2.05) is 49.4 Å². The van der Waals surface area contributed by atoms with Gasteiger partial charge in [-0.05, 0) is 43.5 Å². The van der Waals surface area contributed by atoms with Crippen molar-refractivity contribution in [3.8, 4) is 11.3 Å². The van der Waals surface area contributed by atoms with Crippen LogP contribution in [0.15, 0.2) is 47.6 Å². The lowest BCUT2D eigenvalue weighted by Crippen LogP contribution is -2.24. The van der Waals surface area contributed by atoms with Gasteiger partial charge >= 0.3 is 0 Å². The number of nitrogens with zero attached hydrogens (tertiary/aromatic N) is 2. The van der Waals surface area contributed by atoms with E-state index in [4.69, 9.17) is 4.84 Å². The van der Waals surface area contributed by atoms with Gasteiger partial charge in [-0.3, -0.25) is 9.78 Å². The van der Waals surface area contributed by atoms with Crippen LogP contribution in [0.3, 0.4) is 0 Å². The molecule has 1 aromatic heterocycles. The average Bonchev–Trinajstić information content (AvgIpc) is 3.45. The minimum absolute atomic E-state index is 0.135. The van der Waals surface area contributed by atoms with Crippen LogP contribution in [-0.2, 0) is 16.2 Å². The van der Waals surface area contributed by atoms with Crippen molar-refractivity contribution in [2.24, 2.45) is 11.1 Å². The largest absolute Gasteiger partial charge is 0.399 e. The van der Waals surface area contributed by atoms with Gasteiger partial charge in [0.1, 0.15) is 7.11 Å². The summed E-state index contributed by atoms with van der Waals surface area (Å²) >= 11 is 0. The maximum atomic E-state index is 11.8. The number of rotatable bonds is 6. The van der Waals surface area contributed by atoms with Crippen molar-refractivity contribution in [1.82, 2.24) is 10.3 Å². The summed E-state index contributed by atoms with van der Waals surface area (Å²) in [7, 11) is 1.54. The zero-order valence-corrected chi connectivity index (χ0v) is 14.0. The predicted molar refractivity (Wildman–Crippen MR) is 93.5 cm³/mol. The molecule has 0 aliphatic heterocycles. The number of oxime groups is 1. The molecule has 1 aliphatic rings. The van der Waals surface area contributed by atoms with E-state index in [9.17, 15) is 4.79 Å². The second-order valence-corrected chi connectivity index (χ2v) is 5.95. The first-order valence-corrected chi connectivity index (χ1v) is 8.09. The number of hydrogen-bond donors (Lipinski definition) is 1. The van der Waals surface area contributed by atoms with Gasteiger partial charge in [-0.25, -0.2) is 0 Å². The molecule has 1 heterocycles. The van der Waals surface area contributed by atoms with E-state index in [-0.39, 0.29) is 11.8 Å². The Morgan fingerprint density at radius 2 is 2.08 bits per heavy atom. The van der Waals surface area contributed by atoms with Crippen LogP contribution in [0.2, 0.25) is 0 Å². The van der Waals surface area contributed by atoms with Gasteiger partial charge in [-0.2, -0.15) is 0 Å². The van der Waals surface area contributed by atoms with Gasteiger partial charge in [0.05, 0.1) is 23.6 Å². The number of amides is 1. The molecule has 0 spiro atoms. The Morgan fingerprint density at radius 3 is 2.83 bits per heavy atom. The van der Waals surface area contributed by atoms with Crippen molar-refractivity contribution in [2.75, 3.05) is 7.11 Å². The number of carbonyl (C=O) groups excluding carboxylic acids is 1. The second kappa shape index (κ2) is 7.25. The van der Waals surface area contributed by atoms with Crippen LogP contribution in [0.4, 0.5) is 0 Å². The van der Waals surface area contributed by atoms with Gasteiger partial charge in [0.25, 0.3) is 0 Å². The van der Waals surface area contributed by atoms with Crippen LogP contribution in [-0.4, -0.2) is 23.7 Å². The van der Waals surface area contributed by atoms with Crippen molar-refractivity contribution in [3.63, 3.8) is 0 Å². The Balaban J connectivity index is 1.76. The summed E-state index contributed by atoms with van der Waals surface area (Å²) in [6, 6.07) is 13.9. The zero-order valence-electron chi connectivity index (χ0n) is 14.0. The molecule has 1 amide bonds. The lowest BCUT2D eigenvalue weighted by molar-refractivity contribution is -0.122. The Bertz CT molecular complexity index is 767. The monoisotopic (exact) mass is 323 g/mol. The van der Waals surface area contributed by atoms with Gasteiger partial charge < -0.3 is 10.2 Å². The molecule has 0 radical (unpaired) electrons. The summed E-state index contributed by atoms with van der Waals surface area (Å²) in [4.78, 5) is 21.2. The van der Waals surface area contributed by atoms with Gasteiger partial charge in [0.2, 0.25) is 5.91 Å². The third-order valence-corrected chi connectivity index (χ3v) is 4.00. The molecule has 0 atom stereocenters. The Labute approximate surface area is 141 Å². The maximum absolute atomic E-state index is 11.8. The molecule has 1 saturated carbocycles. The highest BCUT2D eigenvalue weighted by atomic mass is 16.6. The molecule has 0 bridgehead atoms. The van der Waals surface area contributed by atoms with Crippen molar-refractivity contribution in [1.29, 1.82) is 0 Å². The average molecular weight is 323 g/mol. The molecule has 124 valence electrons. The van der Waals surface area contributed by atoms with Crippen LogP contribution >= 0.6 is 0 Å². The summed E-state index contributed by atoms with van der Waals surface area (Å²) in [5, 5.41) is 6.92. The van der Waals surface area contributed by atoms with Crippen LogP contribution in [0.1, 0.15) is 31.0 Å². The number of hydrogen-bond acceptors (Lipinski definition) is 4. The Hall–Kier alpha value is -2.69. The molecule has 5 nitrogen and oxygen atoms in total. The second-order valence-electron chi connectivity index (χ2n) is 5.95. The minimum Gasteiger partial charge on any atom is -0.399 e. The highest BCUT2D eigenvalue weighted by Gasteiger charge is 2.29. The molecule has 5 heteroatoms. The van der Waals surface area contributed by atoms with Crippen LogP contribution in [0, 0.1) is 5.92 Å². The standard InChI is InChI=1S/C19H21N3O2/c1-13(22-24-2)15-5-3-6-16(11-15)18-8-4-7-17(21-18)12-20-19(23)14-9-10-14/h3-8,11,14H,9-10,12H2,1-2H3,(H,20,23). The first kappa shape index (κ1) is 16.2. The number of nitrogens with one attached hydrogen (secondary N) is 1. The fourth-order valence-corrected chi connectivity index (χ4v) is 2.50. The molecule has 0 unspecified atom stereocenters. The van der Waals surface area contributed by atoms with Crippen molar-refractivity contribution >= 4 is 11.6 Å². The van der Waals surface area contributed by atoms with Crippen molar-refractivity contribution in [3.05, 3.63) is 53.7 Å². The van der Waals surface area contributed by atoms with Crippen LogP contribution in [0.5, 0.6) is 0 Å². The molecule has 1 fully saturated rings. The van der Waals surface area contributed by atoms with Crippen molar-refractivity contribution < 1.29 is 9.63 Å². The fraction of sp³-hybridized carbons (Fsp3) is 0.316. The number of aromatic nitrogens is 1. The smallest absolute Gasteiger partial charge is 0.223 e. The van der Waals surface area contributed by atoms with E-state index >= 15 is 0 Å². The summed E-state index contributed by atoms with van der Waals surface area (Å²) in [6.07, 6.45) is 2.02. The fourth-order valence-electron chi connectivity index (χ4n) is 2.50. The molecule has 2 aromatic rings. The first-order chi connectivity index (χ1) is 11.7. The highest BCUT2D eigenvalue weighted by Crippen LogP contribution is 2.28.